The second-order valence-electron chi connectivity index (χ2n) is 0.192. The number of halogens is 3. The predicted octanol–water partition coefficient (Wildman–Crippen LogP) is 1.85. The van der Waals surface area contributed by atoms with Gasteiger partial charge in [-0.15, -0.1) is 0 Å². The van der Waals surface area contributed by atoms with Crippen molar-refractivity contribution < 1.29 is 0 Å². The molecule has 5 heavy (non-hydrogen) atoms. The van der Waals surface area contributed by atoms with Crippen LogP contribution < -0.4 is 6.15 Å². The average molecular weight is 245 g/mol. The van der Waals surface area contributed by atoms with E-state index in [0.717, 1.165) is 0 Å². The Hall–Kier alpha value is 1.65. The zero-order valence-electron chi connectivity index (χ0n) is 2.29. The van der Waals surface area contributed by atoms with Gasteiger partial charge in [0.05, 0.1) is 0 Å². The zero-order valence-corrected chi connectivity index (χ0v) is 7.11. The van der Waals surface area contributed by atoms with Crippen molar-refractivity contribution in [2.75, 3.05) is 0 Å². The fourth-order valence-electron chi connectivity index (χ4n) is 0. The molecule has 0 saturated carbocycles. The van der Waals surface area contributed by atoms with Crippen molar-refractivity contribution in [3.05, 3.63) is 0 Å². The van der Waals surface area contributed by atoms with Gasteiger partial charge in [-0.1, -0.05) is 0 Å². The minimum atomic E-state index is -2.03. The van der Waals surface area contributed by atoms with Gasteiger partial charge in [0, 0.05) is 0 Å². The molecular formula is H3Cl3NSb. The molecule has 34 valence electrons. The van der Waals surface area contributed by atoms with E-state index < -0.39 is 16.8 Å². The van der Waals surface area contributed by atoms with Gasteiger partial charge >= 0.3 is 43.3 Å². The number of hydrogen-bond donors (Lipinski definition) is 1. The Morgan fingerprint density at radius 3 is 1.00 bits per heavy atom. The standard InChI is InChI=1S/3ClH.H3N.Sb/h3*1H;1H3;/q;;;;+3/p-3. The van der Waals surface area contributed by atoms with Gasteiger partial charge in [-0.2, -0.15) is 0 Å². The Morgan fingerprint density at radius 2 is 1.00 bits per heavy atom. The summed E-state index contributed by atoms with van der Waals surface area (Å²) in [4.78, 5) is 0. The fraction of sp³-hybridized carbons (Fsp3) is 0. The Kier molecular flexibility index (Phi) is 11.1. The molecule has 1 nitrogen and oxygen atoms in total. The van der Waals surface area contributed by atoms with E-state index >= 15 is 0 Å². The normalized spacial score (nSPS) is 7.20. The molecule has 0 amide bonds. The molecule has 0 unspecified atom stereocenters. The fourth-order valence-corrected chi connectivity index (χ4v) is 0. The van der Waals surface area contributed by atoms with E-state index in [0.29, 0.717) is 0 Å². The molecule has 0 heterocycles. The number of hydrogen-bond acceptors (Lipinski definition) is 1. The molecule has 0 atom stereocenters. The SMILES string of the molecule is N.[Cl][Sb]([Cl])[Cl]. The van der Waals surface area contributed by atoms with Gasteiger partial charge in [-0.25, -0.2) is 0 Å². The first kappa shape index (κ1) is 9.82. The summed E-state index contributed by atoms with van der Waals surface area (Å²) >= 11 is -2.03. The molecule has 5 heteroatoms. The van der Waals surface area contributed by atoms with E-state index in [1.54, 1.807) is 0 Å². The van der Waals surface area contributed by atoms with Crippen LogP contribution in [0, 0.1) is 0 Å². The second-order valence-corrected chi connectivity index (χ2v) is 11.6. The third kappa shape index (κ3) is 27.7. The van der Waals surface area contributed by atoms with Crippen molar-refractivity contribution in [3.63, 3.8) is 0 Å². The van der Waals surface area contributed by atoms with E-state index in [-0.39, 0.29) is 6.15 Å². The van der Waals surface area contributed by atoms with E-state index in [1.807, 2.05) is 0 Å². The first-order valence-electron chi connectivity index (χ1n) is 0.507. The summed E-state index contributed by atoms with van der Waals surface area (Å²) in [7, 11) is 15.0. The third-order valence-electron chi connectivity index (χ3n) is 0. The predicted molar refractivity (Wildman–Crippen MR) is 28.3 cm³/mol. The maximum absolute atomic E-state index is 4.99. The topological polar surface area (TPSA) is 35.0 Å². The molecule has 0 radical (unpaired) electrons. The van der Waals surface area contributed by atoms with Crippen LogP contribution in [0.2, 0.25) is 0 Å². The van der Waals surface area contributed by atoms with Crippen LogP contribution in [0.4, 0.5) is 0 Å². The van der Waals surface area contributed by atoms with Gasteiger partial charge in [-0.3, -0.25) is 0 Å². The number of rotatable bonds is 0. The van der Waals surface area contributed by atoms with Gasteiger partial charge in [-0.05, 0) is 0 Å². The molecular weight excluding hydrogens is 242 g/mol. The van der Waals surface area contributed by atoms with Crippen LogP contribution in [0.5, 0.6) is 0 Å². The Labute approximate surface area is 49.2 Å². The summed E-state index contributed by atoms with van der Waals surface area (Å²) < 4.78 is 0. The van der Waals surface area contributed by atoms with E-state index in [1.165, 1.54) is 0 Å². The van der Waals surface area contributed by atoms with Crippen molar-refractivity contribution in [2.24, 2.45) is 0 Å². The monoisotopic (exact) mass is 243 g/mol. The Bertz CT molecular complexity index is 11.6. The molecule has 0 bridgehead atoms. The van der Waals surface area contributed by atoms with Crippen LogP contribution in [-0.4, -0.2) is 16.8 Å². The molecule has 0 aliphatic heterocycles. The summed E-state index contributed by atoms with van der Waals surface area (Å²) in [5.41, 5.74) is 0. The summed E-state index contributed by atoms with van der Waals surface area (Å²) in [5, 5.41) is 0. The van der Waals surface area contributed by atoms with Crippen LogP contribution in [0.15, 0.2) is 0 Å². The molecule has 0 saturated heterocycles. The minimum absolute atomic E-state index is 0. The van der Waals surface area contributed by atoms with Gasteiger partial charge in [0.15, 0.2) is 0 Å². The summed E-state index contributed by atoms with van der Waals surface area (Å²) in [6.07, 6.45) is 0. The van der Waals surface area contributed by atoms with Crippen molar-refractivity contribution in [1.82, 2.24) is 6.15 Å². The molecule has 0 aromatic heterocycles. The molecule has 0 aromatic carbocycles. The molecule has 0 aliphatic rings. The molecule has 0 aromatic rings. The Morgan fingerprint density at radius 1 is 1.00 bits per heavy atom. The summed E-state index contributed by atoms with van der Waals surface area (Å²) in [6, 6.07) is 0. The van der Waals surface area contributed by atoms with E-state index in [4.69, 9.17) is 26.5 Å². The second kappa shape index (κ2) is 5.65. The molecule has 0 aliphatic carbocycles. The van der Waals surface area contributed by atoms with Crippen molar-refractivity contribution in [2.45, 2.75) is 0 Å². The van der Waals surface area contributed by atoms with Crippen LogP contribution in [0.25, 0.3) is 0 Å². The van der Waals surface area contributed by atoms with Crippen LogP contribution in [0.3, 0.4) is 0 Å². The van der Waals surface area contributed by atoms with Crippen LogP contribution >= 0.6 is 26.5 Å². The zero-order chi connectivity index (χ0) is 3.58. The van der Waals surface area contributed by atoms with Crippen LogP contribution in [0.1, 0.15) is 0 Å². The van der Waals surface area contributed by atoms with Gasteiger partial charge in [0.1, 0.15) is 0 Å². The van der Waals surface area contributed by atoms with Gasteiger partial charge < -0.3 is 6.15 Å². The van der Waals surface area contributed by atoms with Gasteiger partial charge in [0.25, 0.3) is 0 Å². The quantitative estimate of drug-likeness (QED) is 0.649. The van der Waals surface area contributed by atoms with Crippen molar-refractivity contribution >= 4 is 43.3 Å². The first-order valence-corrected chi connectivity index (χ1v) is 10.2. The van der Waals surface area contributed by atoms with Crippen molar-refractivity contribution in [1.29, 1.82) is 0 Å². The van der Waals surface area contributed by atoms with Gasteiger partial charge in [0.2, 0.25) is 0 Å². The summed E-state index contributed by atoms with van der Waals surface area (Å²) in [5.74, 6) is 0. The third-order valence-corrected chi connectivity index (χ3v) is 0. The molecule has 0 rings (SSSR count). The van der Waals surface area contributed by atoms with Crippen LogP contribution in [-0.2, 0) is 0 Å². The van der Waals surface area contributed by atoms with E-state index in [9.17, 15) is 0 Å². The molecule has 3 N–H and O–H groups in total. The summed E-state index contributed by atoms with van der Waals surface area (Å²) in [6.45, 7) is 0. The average Bonchev–Trinajstić information content (AvgIpc) is 0.811. The van der Waals surface area contributed by atoms with E-state index in [2.05, 4.69) is 0 Å². The first-order chi connectivity index (χ1) is 1.73. The molecule has 0 spiro atoms. The van der Waals surface area contributed by atoms with Crippen molar-refractivity contribution in [3.8, 4) is 0 Å². The Balaban J connectivity index is 0. The maximum atomic E-state index is 4.99. The molecule has 0 fully saturated rings.